The monoisotopic (exact) mass is 304 g/mol. The number of aromatic nitrogens is 1. The van der Waals surface area contributed by atoms with Gasteiger partial charge in [-0.25, -0.2) is 8.42 Å². The van der Waals surface area contributed by atoms with Gasteiger partial charge in [0.15, 0.2) is 9.84 Å². The highest BCUT2D eigenvalue weighted by molar-refractivity contribution is 7.91. The molecule has 5 nitrogen and oxygen atoms in total. The molecule has 1 N–H and O–H groups in total. The molecule has 6 heteroatoms. The van der Waals surface area contributed by atoms with E-state index in [0.29, 0.717) is 12.1 Å². The van der Waals surface area contributed by atoms with E-state index in [4.69, 9.17) is 0 Å². The molecule has 0 saturated carbocycles. The summed E-state index contributed by atoms with van der Waals surface area (Å²) >= 11 is 0. The predicted octanol–water partition coefficient (Wildman–Crippen LogP) is 2.00. The van der Waals surface area contributed by atoms with Gasteiger partial charge in [0.1, 0.15) is 0 Å². The molecule has 0 bridgehead atoms. The largest absolute Gasteiger partial charge is 0.324 e. The number of nitrogens with zero attached hydrogens (tertiary/aromatic N) is 1. The Balaban J connectivity index is 1.72. The number of nitrogens with one attached hydrogen (secondary N) is 1. The third-order valence-corrected chi connectivity index (χ3v) is 5.54. The molecule has 1 amide bonds. The van der Waals surface area contributed by atoms with Crippen molar-refractivity contribution in [2.75, 3.05) is 16.8 Å². The van der Waals surface area contributed by atoms with Crippen molar-refractivity contribution in [1.82, 2.24) is 4.98 Å². The molecule has 3 rings (SSSR count). The van der Waals surface area contributed by atoms with Crippen LogP contribution in [0, 0.1) is 5.92 Å². The van der Waals surface area contributed by atoms with Gasteiger partial charge in [-0.05, 0) is 24.5 Å². The van der Waals surface area contributed by atoms with Crippen molar-refractivity contribution in [2.24, 2.45) is 5.92 Å². The van der Waals surface area contributed by atoms with Crippen LogP contribution in [0.2, 0.25) is 0 Å². The summed E-state index contributed by atoms with van der Waals surface area (Å²) < 4.78 is 22.8. The summed E-state index contributed by atoms with van der Waals surface area (Å²) in [4.78, 5) is 16.4. The lowest BCUT2D eigenvalue weighted by atomic mass is 10.0. The maximum absolute atomic E-state index is 12.1. The molecule has 0 aliphatic carbocycles. The maximum atomic E-state index is 12.1. The van der Waals surface area contributed by atoms with E-state index in [0.717, 1.165) is 10.9 Å². The molecule has 1 aliphatic rings. The van der Waals surface area contributed by atoms with Gasteiger partial charge in [0.05, 0.1) is 22.7 Å². The molecule has 1 fully saturated rings. The molecule has 1 atom stereocenters. The molecule has 1 aromatic heterocycles. The zero-order valence-electron chi connectivity index (χ0n) is 11.5. The molecule has 110 valence electrons. The minimum Gasteiger partial charge on any atom is -0.324 e. The smallest absolute Gasteiger partial charge is 0.224 e. The molecule has 21 heavy (non-hydrogen) atoms. The summed E-state index contributed by atoms with van der Waals surface area (Å²) in [6, 6.07) is 9.37. The Morgan fingerprint density at radius 1 is 1.29 bits per heavy atom. The number of anilines is 1. The Morgan fingerprint density at radius 3 is 2.86 bits per heavy atom. The van der Waals surface area contributed by atoms with Crippen molar-refractivity contribution in [1.29, 1.82) is 0 Å². The lowest BCUT2D eigenvalue weighted by Crippen LogP contribution is -2.17. The highest BCUT2D eigenvalue weighted by atomic mass is 32.2. The number of hydrogen-bond acceptors (Lipinski definition) is 4. The lowest BCUT2D eigenvalue weighted by Gasteiger charge is -2.10. The molecule has 0 spiro atoms. The molecule has 0 unspecified atom stereocenters. The normalized spacial score (nSPS) is 20.5. The number of carbonyl (C=O) groups excluding carboxylic acids is 1. The van der Waals surface area contributed by atoms with Gasteiger partial charge < -0.3 is 5.32 Å². The predicted molar refractivity (Wildman–Crippen MR) is 81.8 cm³/mol. The van der Waals surface area contributed by atoms with Crippen molar-refractivity contribution >= 4 is 32.3 Å². The minimum absolute atomic E-state index is 0.0714. The fourth-order valence-electron chi connectivity index (χ4n) is 2.70. The number of carbonyl (C=O) groups is 1. The number of sulfone groups is 1. The summed E-state index contributed by atoms with van der Waals surface area (Å²) in [6.45, 7) is 0. The summed E-state index contributed by atoms with van der Waals surface area (Å²) in [5.74, 6) is 0.0859. The van der Waals surface area contributed by atoms with Crippen LogP contribution in [0.25, 0.3) is 10.9 Å². The lowest BCUT2D eigenvalue weighted by molar-refractivity contribution is -0.116. The Kier molecular flexibility index (Phi) is 3.63. The number of para-hydroxylation sites is 1. The van der Waals surface area contributed by atoms with Crippen LogP contribution in [0.1, 0.15) is 12.8 Å². The van der Waals surface area contributed by atoms with Crippen molar-refractivity contribution in [3.05, 3.63) is 36.5 Å². The zero-order chi connectivity index (χ0) is 14.9. The molecule has 1 aliphatic heterocycles. The number of benzene rings is 1. The van der Waals surface area contributed by atoms with Crippen LogP contribution >= 0.6 is 0 Å². The standard InChI is InChI=1S/C15H16N2O3S/c18-14(9-11-6-8-21(19,20)10-11)17-13-5-1-3-12-4-2-7-16-15(12)13/h1-5,7,11H,6,8-10H2,(H,17,18)/t11-/m0/s1. The first kappa shape index (κ1) is 14.0. The second-order valence-corrected chi connectivity index (χ2v) is 7.63. The summed E-state index contributed by atoms with van der Waals surface area (Å²) in [6.07, 6.45) is 2.49. The zero-order valence-corrected chi connectivity index (χ0v) is 12.3. The molecular formula is C15H16N2O3S. The first-order valence-electron chi connectivity index (χ1n) is 6.87. The van der Waals surface area contributed by atoms with Crippen molar-refractivity contribution < 1.29 is 13.2 Å². The molecule has 1 saturated heterocycles. The van der Waals surface area contributed by atoms with Crippen LogP contribution in [0.15, 0.2) is 36.5 Å². The number of hydrogen-bond donors (Lipinski definition) is 1. The number of rotatable bonds is 3. The highest BCUT2D eigenvalue weighted by Gasteiger charge is 2.29. The van der Waals surface area contributed by atoms with Gasteiger partial charge in [0.25, 0.3) is 0 Å². The van der Waals surface area contributed by atoms with Crippen molar-refractivity contribution in [2.45, 2.75) is 12.8 Å². The van der Waals surface area contributed by atoms with E-state index < -0.39 is 9.84 Å². The third-order valence-electron chi connectivity index (χ3n) is 3.71. The summed E-state index contributed by atoms with van der Waals surface area (Å²) in [5.41, 5.74) is 1.41. The number of amides is 1. The van der Waals surface area contributed by atoms with E-state index in [1.54, 1.807) is 12.3 Å². The fraction of sp³-hybridized carbons (Fsp3) is 0.333. The molecule has 2 aromatic rings. The molecule has 0 radical (unpaired) electrons. The fourth-order valence-corrected chi connectivity index (χ4v) is 4.56. The van der Waals surface area contributed by atoms with Crippen LogP contribution < -0.4 is 5.32 Å². The van der Waals surface area contributed by atoms with Crippen LogP contribution in [0.4, 0.5) is 5.69 Å². The number of pyridine rings is 1. The minimum atomic E-state index is -2.94. The Bertz CT molecular complexity index is 781. The second-order valence-electron chi connectivity index (χ2n) is 5.40. The van der Waals surface area contributed by atoms with Crippen LogP contribution in [0.5, 0.6) is 0 Å². The Hall–Kier alpha value is -1.95. The quantitative estimate of drug-likeness (QED) is 0.941. The molecule has 1 aromatic carbocycles. The Morgan fingerprint density at radius 2 is 2.10 bits per heavy atom. The topological polar surface area (TPSA) is 76.1 Å². The van der Waals surface area contributed by atoms with Crippen molar-refractivity contribution in [3.63, 3.8) is 0 Å². The van der Waals surface area contributed by atoms with Gasteiger partial charge in [-0.3, -0.25) is 9.78 Å². The number of fused-ring (bicyclic) bond motifs is 1. The van der Waals surface area contributed by atoms with Gasteiger partial charge >= 0.3 is 0 Å². The van der Waals surface area contributed by atoms with Crippen LogP contribution in [-0.4, -0.2) is 30.8 Å². The highest BCUT2D eigenvalue weighted by Crippen LogP contribution is 2.24. The van der Waals surface area contributed by atoms with Gasteiger partial charge in [-0.2, -0.15) is 0 Å². The van der Waals surface area contributed by atoms with Gasteiger partial charge in [0.2, 0.25) is 5.91 Å². The van der Waals surface area contributed by atoms with E-state index in [2.05, 4.69) is 10.3 Å². The Labute approximate surface area is 123 Å². The van der Waals surface area contributed by atoms with Gasteiger partial charge in [0, 0.05) is 18.0 Å². The van der Waals surface area contributed by atoms with E-state index in [9.17, 15) is 13.2 Å². The van der Waals surface area contributed by atoms with Crippen LogP contribution in [-0.2, 0) is 14.6 Å². The van der Waals surface area contributed by atoms with Crippen LogP contribution in [0.3, 0.4) is 0 Å². The van der Waals surface area contributed by atoms with Gasteiger partial charge in [-0.1, -0.05) is 18.2 Å². The van der Waals surface area contributed by atoms with E-state index >= 15 is 0 Å². The first-order chi connectivity index (χ1) is 10.0. The average Bonchev–Trinajstić information content (AvgIpc) is 2.78. The summed E-state index contributed by atoms with van der Waals surface area (Å²) in [7, 11) is -2.94. The van der Waals surface area contributed by atoms with E-state index in [1.165, 1.54) is 0 Å². The second kappa shape index (κ2) is 5.44. The van der Waals surface area contributed by atoms with Crippen molar-refractivity contribution in [3.8, 4) is 0 Å². The van der Waals surface area contributed by atoms with Gasteiger partial charge in [-0.15, -0.1) is 0 Å². The maximum Gasteiger partial charge on any atom is 0.224 e. The average molecular weight is 304 g/mol. The van der Waals surface area contributed by atoms with E-state index in [-0.39, 0.29) is 29.8 Å². The first-order valence-corrected chi connectivity index (χ1v) is 8.70. The SMILES string of the molecule is O=C(C[C@@H]1CCS(=O)(=O)C1)Nc1cccc2cccnc12. The third kappa shape index (κ3) is 3.21. The summed E-state index contributed by atoms with van der Waals surface area (Å²) in [5, 5.41) is 3.80. The molecular weight excluding hydrogens is 288 g/mol. The van der Waals surface area contributed by atoms with E-state index in [1.807, 2.05) is 24.3 Å². The molecule has 2 heterocycles.